The Bertz CT molecular complexity index is 423. The second-order valence-corrected chi connectivity index (χ2v) is 3.96. The number of nitrogens with two attached hydrogens (primary N) is 1. The summed E-state index contributed by atoms with van der Waals surface area (Å²) in [5.41, 5.74) is 6.41. The van der Waals surface area contributed by atoms with Crippen molar-refractivity contribution in [2.24, 2.45) is 0 Å². The zero-order valence-electron chi connectivity index (χ0n) is 9.19. The lowest BCUT2D eigenvalue weighted by atomic mass is 10.3. The minimum atomic E-state index is 0.533. The third-order valence-electron chi connectivity index (χ3n) is 1.61. The summed E-state index contributed by atoms with van der Waals surface area (Å²) in [6, 6.07) is 5.56. The van der Waals surface area contributed by atoms with Crippen LogP contribution in [0.25, 0.3) is 10.7 Å². The molecule has 0 atom stereocenters. The standard InChI is InChI=1S/C9H9N3S.C2H6/c1-6-5-11-9(13-6)7-3-2-4-8(10)12-7;1-2/h2-5H,1H3,(H2,10,12);1-2H3. The van der Waals surface area contributed by atoms with E-state index in [4.69, 9.17) is 5.73 Å². The molecule has 0 saturated carbocycles. The topological polar surface area (TPSA) is 51.8 Å². The molecule has 80 valence electrons. The lowest BCUT2D eigenvalue weighted by Gasteiger charge is -1.95. The lowest BCUT2D eigenvalue weighted by Crippen LogP contribution is -1.90. The van der Waals surface area contributed by atoms with Crippen LogP contribution >= 0.6 is 11.3 Å². The van der Waals surface area contributed by atoms with E-state index in [0.29, 0.717) is 5.82 Å². The Morgan fingerprint density at radius 1 is 1.27 bits per heavy atom. The maximum absolute atomic E-state index is 5.57. The molecule has 0 radical (unpaired) electrons. The van der Waals surface area contributed by atoms with E-state index < -0.39 is 0 Å². The Labute approximate surface area is 94.0 Å². The second kappa shape index (κ2) is 5.46. The van der Waals surface area contributed by atoms with Crippen LogP contribution in [0.3, 0.4) is 0 Å². The first kappa shape index (κ1) is 11.7. The smallest absolute Gasteiger partial charge is 0.142 e. The maximum Gasteiger partial charge on any atom is 0.142 e. The van der Waals surface area contributed by atoms with Crippen LogP contribution in [-0.4, -0.2) is 9.97 Å². The molecular formula is C11H15N3S. The molecule has 0 aliphatic heterocycles. The summed E-state index contributed by atoms with van der Waals surface area (Å²) in [5, 5.41) is 0.921. The van der Waals surface area contributed by atoms with Gasteiger partial charge in [-0.05, 0) is 19.1 Å². The van der Waals surface area contributed by atoms with Gasteiger partial charge in [0.25, 0.3) is 0 Å². The van der Waals surface area contributed by atoms with Gasteiger partial charge in [0.2, 0.25) is 0 Å². The molecule has 15 heavy (non-hydrogen) atoms. The predicted molar refractivity (Wildman–Crippen MR) is 65.8 cm³/mol. The monoisotopic (exact) mass is 221 g/mol. The van der Waals surface area contributed by atoms with Gasteiger partial charge in [0.05, 0.1) is 0 Å². The van der Waals surface area contributed by atoms with Crippen molar-refractivity contribution in [1.82, 2.24) is 9.97 Å². The summed E-state index contributed by atoms with van der Waals surface area (Å²) in [7, 11) is 0. The zero-order chi connectivity index (χ0) is 11.3. The van der Waals surface area contributed by atoms with E-state index >= 15 is 0 Å². The van der Waals surface area contributed by atoms with Crippen molar-refractivity contribution in [2.45, 2.75) is 20.8 Å². The molecule has 0 amide bonds. The molecule has 2 heterocycles. The van der Waals surface area contributed by atoms with E-state index in [2.05, 4.69) is 9.97 Å². The summed E-state index contributed by atoms with van der Waals surface area (Å²) < 4.78 is 0. The van der Waals surface area contributed by atoms with Crippen molar-refractivity contribution in [2.75, 3.05) is 5.73 Å². The van der Waals surface area contributed by atoms with Crippen molar-refractivity contribution in [3.63, 3.8) is 0 Å². The minimum Gasteiger partial charge on any atom is -0.384 e. The number of aryl methyl sites for hydroxylation is 1. The molecule has 0 aliphatic carbocycles. The van der Waals surface area contributed by atoms with Gasteiger partial charge in [-0.3, -0.25) is 0 Å². The fraction of sp³-hybridized carbons (Fsp3) is 0.273. The highest BCUT2D eigenvalue weighted by molar-refractivity contribution is 7.14. The van der Waals surface area contributed by atoms with Crippen molar-refractivity contribution >= 4 is 17.2 Å². The van der Waals surface area contributed by atoms with Crippen LogP contribution in [0.15, 0.2) is 24.4 Å². The molecule has 2 aromatic heterocycles. The van der Waals surface area contributed by atoms with Crippen LogP contribution in [0.1, 0.15) is 18.7 Å². The minimum absolute atomic E-state index is 0.533. The molecule has 2 aromatic rings. The highest BCUT2D eigenvalue weighted by Crippen LogP contribution is 2.22. The summed E-state index contributed by atoms with van der Waals surface area (Å²) in [4.78, 5) is 9.59. The molecule has 3 nitrogen and oxygen atoms in total. The number of thiazole rings is 1. The molecule has 0 spiro atoms. The first-order valence-corrected chi connectivity index (χ1v) is 5.73. The Hall–Kier alpha value is -1.42. The average Bonchev–Trinajstić information content (AvgIpc) is 2.68. The van der Waals surface area contributed by atoms with Crippen molar-refractivity contribution in [3.8, 4) is 10.7 Å². The number of nitrogens with zero attached hydrogens (tertiary/aromatic N) is 2. The highest BCUT2D eigenvalue weighted by Gasteiger charge is 2.03. The van der Waals surface area contributed by atoms with Crippen LogP contribution in [0, 0.1) is 6.92 Å². The molecule has 0 aliphatic rings. The summed E-state index contributed by atoms with van der Waals surface area (Å²) >= 11 is 1.62. The molecule has 0 fully saturated rings. The van der Waals surface area contributed by atoms with Crippen molar-refractivity contribution in [1.29, 1.82) is 0 Å². The largest absolute Gasteiger partial charge is 0.384 e. The highest BCUT2D eigenvalue weighted by atomic mass is 32.1. The molecule has 2 rings (SSSR count). The Morgan fingerprint density at radius 3 is 2.53 bits per heavy atom. The van der Waals surface area contributed by atoms with Crippen molar-refractivity contribution in [3.05, 3.63) is 29.3 Å². The number of hydrogen-bond acceptors (Lipinski definition) is 4. The van der Waals surface area contributed by atoms with E-state index in [9.17, 15) is 0 Å². The predicted octanol–water partition coefficient (Wildman–Crippen LogP) is 3.12. The maximum atomic E-state index is 5.57. The van der Waals surface area contributed by atoms with Gasteiger partial charge >= 0.3 is 0 Å². The number of nitrogen functional groups attached to an aromatic ring is 1. The van der Waals surface area contributed by atoms with Crippen molar-refractivity contribution < 1.29 is 0 Å². The quantitative estimate of drug-likeness (QED) is 0.805. The van der Waals surface area contributed by atoms with E-state index in [0.717, 1.165) is 10.7 Å². The number of hydrogen-bond donors (Lipinski definition) is 1. The summed E-state index contributed by atoms with van der Waals surface area (Å²) in [6.45, 7) is 6.02. The fourth-order valence-electron chi connectivity index (χ4n) is 1.04. The molecule has 0 unspecified atom stereocenters. The summed E-state index contributed by atoms with van der Waals surface area (Å²) in [6.07, 6.45) is 1.84. The number of aromatic nitrogens is 2. The third-order valence-corrected chi connectivity index (χ3v) is 2.55. The Balaban J connectivity index is 0.000000531. The molecule has 2 N–H and O–H groups in total. The van der Waals surface area contributed by atoms with Crippen LogP contribution in [0.4, 0.5) is 5.82 Å². The van der Waals surface area contributed by atoms with Gasteiger partial charge < -0.3 is 5.73 Å². The van der Waals surface area contributed by atoms with Gasteiger partial charge in [-0.25, -0.2) is 9.97 Å². The van der Waals surface area contributed by atoms with Gasteiger partial charge in [0, 0.05) is 11.1 Å². The van der Waals surface area contributed by atoms with Gasteiger partial charge in [-0.2, -0.15) is 0 Å². The Kier molecular flexibility index (Phi) is 4.24. The molecule has 0 bridgehead atoms. The fourth-order valence-corrected chi connectivity index (χ4v) is 1.78. The van der Waals surface area contributed by atoms with Crippen LogP contribution in [-0.2, 0) is 0 Å². The molecule has 4 heteroatoms. The van der Waals surface area contributed by atoms with E-state index in [-0.39, 0.29) is 0 Å². The van der Waals surface area contributed by atoms with Crippen LogP contribution in [0.2, 0.25) is 0 Å². The van der Waals surface area contributed by atoms with E-state index in [1.165, 1.54) is 4.88 Å². The average molecular weight is 221 g/mol. The van der Waals surface area contributed by atoms with E-state index in [1.54, 1.807) is 17.4 Å². The van der Waals surface area contributed by atoms with E-state index in [1.807, 2.05) is 39.1 Å². The first-order chi connectivity index (χ1) is 7.25. The second-order valence-electron chi connectivity index (χ2n) is 2.72. The number of pyridine rings is 1. The SMILES string of the molecule is CC.Cc1cnc(-c2cccc(N)n2)s1. The number of anilines is 1. The van der Waals surface area contributed by atoms with Crippen LogP contribution < -0.4 is 5.73 Å². The lowest BCUT2D eigenvalue weighted by molar-refractivity contribution is 1.29. The van der Waals surface area contributed by atoms with Gasteiger partial charge in [0.1, 0.15) is 16.5 Å². The zero-order valence-corrected chi connectivity index (χ0v) is 10.0. The normalized spacial score (nSPS) is 9.27. The Morgan fingerprint density at radius 2 is 2.00 bits per heavy atom. The van der Waals surface area contributed by atoms with Gasteiger partial charge in [-0.1, -0.05) is 19.9 Å². The molecule has 0 aromatic carbocycles. The van der Waals surface area contributed by atoms with Gasteiger partial charge in [-0.15, -0.1) is 11.3 Å². The third kappa shape index (κ3) is 3.02. The molecule has 0 saturated heterocycles. The molecular weight excluding hydrogens is 206 g/mol. The van der Waals surface area contributed by atoms with Crippen LogP contribution in [0.5, 0.6) is 0 Å². The van der Waals surface area contributed by atoms with Gasteiger partial charge in [0.15, 0.2) is 0 Å². The first-order valence-electron chi connectivity index (χ1n) is 4.91. The number of rotatable bonds is 1. The summed E-state index contributed by atoms with van der Waals surface area (Å²) in [5.74, 6) is 0.533.